The first kappa shape index (κ1) is 15.6. The molecule has 0 atom stereocenters. The zero-order valence-corrected chi connectivity index (χ0v) is 12.7. The van der Waals surface area contributed by atoms with Crippen LogP contribution in [-0.4, -0.2) is 17.2 Å². The number of ether oxygens (including phenoxy) is 1. The molecule has 0 radical (unpaired) electrons. The SMILES string of the molecule is CC(C)(C)c1cc(B(O)O)ccc1OCc1ccccc1. The lowest BCUT2D eigenvalue weighted by molar-refractivity contribution is 0.297. The lowest BCUT2D eigenvalue weighted by Crippen LogP contribution is -2.31. The van der Waals surface area contributed by atoms with E-state index in [1.54, 1.807) is 18.2 Å². The second-order valence-electron chi connectivity index (χ2n) is 6.15. The molecule has 2 rings (SSSR count). The van der Waals surface area contributed by atoms with Gasteiger partial charge in [0.05, 0.1) is 0 Å². The van der Waals surface area contributed by atoms with Crippen molar-refractivity contribution in [3.05, 3.63) is 59.7 Å². The summed E-state index contributed by atoms with van der Waals surface area (Å²) >= 11 is 0. The smallest absolute Gasteiger partial charge is 0.488 e. The standard InChI is InChI=1S/C17H21BO3/c1-17(2,3)15-11-14(18(19)20)9-10-16(15)21-12-13-7-5-4-6-8-13/h4-11,19-20H,12H2,1-3H3. The zero-order chi connectivity index (χ0) is 15.5. The molecule has 4 heteroatoms. The lowest BCUT2D eigenvalue weighted by Gasteiger charge is -2.24. The van der Waals surface area contributed by atoms with E-state index in [-0.39, 0.29) is 5.41 Å². The molecule has 0 fully saturated rings. The van der Waals surface area contributed by atoms with Crippen LogP contribution in [0.2, 0.25) is 0 Å². The third kappa shape index (κ3) is 4.10. The molecule has 0 aliphatic rings. The fraction of sp³-hybridized carbons (Fsp3) is 0.294. The number of hydrogen-bond acceptors (Lipinski definition) is 3. The van der Waals surface area contributed by atoms with Crippen molar-refractivity contribution in [3.8, 4) is 5.75 Å². The highest BCUT2D eigenvalue weighted by atomic mass is 16.5. The second-order valence-corrected chi connectivity index (χ2v) is 6.15. The van der Waals surface area contributed by atoms with Crippen LogP contribution in [0.15, 0.2) is 48.5 Å². The molecule has 110 valence electrons. The summed E-state index contributed by atoms with van der Waals surface area (Å²) in [6.07, 6.45) is 0. The Morgan fingerprint density at radius 3 is 2.24 bits per heavy atom. The van der Waals surface area contributed by atoms with Crippen LogP contribution in [0.1, 0.15) is 31.9 Å². The van der Waals surface area contributed by atoms with Crippen molar-refractivity contribution in [2.45, 2.75) is 32.8 Å². The highest BCUT2D eigenvalue weighted by molar-refractivity contribution is 6.58. The van der Waals surface area contributed by atoms with Gasteiger partial charge in [-0.1, -0.05) is 63.2 Å². The summed E-state index contributed by atoms with van der Waals surface area (Å²) in [5, 5.41) is 18.7. The highest BCUT2D eigenvalue weighted by Gasteiger charge is 2.22. The van der Waals surface area contributed by atoms with E-state index < -0.39 is 7.12 Å². The molecule has 0 amide bonds. The van der Waals surface area contributed by atoms with Crippen LogP contribution in [0.4, 0.5) is 0 Å². The molecule has 2 aromatic carbocycles. The molecular weight excluding hydrogens is 263 g/mol. The first-order valence-corrected chi connectivity index (χ1v) is 7.05. The summed E-state index contributed by atoms with van der Waals surface area (Å²) in [6, 6.07) is 15.2. The third-order valence-corrected chi connectivity index (χ3v) is 3.35. The molecule has 2 aromatic rings. The fourth-order valence-corrected chi connectivity index (χ4v) is 2.16. The minimum atomic E-state index is -1.46. The summed E-state index contributed by atoms with van der Waals surface area (Å²) in [5.41, 5.74) is 2.40. The van der Waals surface area contributed by atoms with Crippen LogP contribution < -0.4 is 10.2 Å². The second kappa shape index (κ2) is 6.33. The van der Waals surface area contributed by atoms with Crippen molar-refractivity contribution in [1.29, 1.82) is 0 Å². The molecule has 3 nitrogen and oxygen atoms in total. The van der Waals surface area contributed by atoms with Crippen LogP contribution >= 0.6 is 0 Å². The van der Waals surface area contributed by atoms with E-state index >= 15 is 0 Å². The van der Waals surface area contributed by atoms with Crippen LogP contribution in [0.25, 0.3) is 0 Å². The molecule has 0 aliphatic heterocycles. The number of benzene rings is 2. The van der Waals surface area contributed by atoms with Gasteiger partial charge >= 0.3 is 7.12 Å². The first-order valence-electron chi connectivity index (χ1n) is 7.05. The number of rotatable bonds is 4. The monoisotopic (exact) mass is 284 g/mol. The topological polar surface area (TPSA) is 49.7 Å². The van der Waals surface area contributed by atoms with E-state index in [1.807, 2.05) is 30.3 Å². The average molecular weight is 284 g/mol. The Labute approximate surface area is 126 Å². The summed E-state index contributed by atoms with van der Waals surface area (Å²) in [5.74, 6) is 0.774. The Balaban J connectivity index is 2.26. The quantitative estimate of drug-likeness (QED) is 0.847. The van der Waals surface area contributed by atoms with Crippen molar-refractivity contribution >= 4 is 12.6 Å². The van der Waals surface area contributed by atoms with Crippen LogP contribution in [0, 0.1) is 0 Å². The van der Waals surface area contributed by atoms with E-state index in [0.717, 1.165) is 16.9 Å². The summed E-state index contributed by atoms with van der Waals surface area (Å²) in [4.78, 5) is 0. The summed E-state index contributed by atoms with van der Waals surface area (Å²) in [6.45, 7) is 6.71. The van der Waals surface area contributed by atoms with Gasteiger partial charge in [0.1, 0.15) is 12.4 Å². The van der Waals surface area contributed by atoms with Gasteiger partial charge in [-0.05, 0) is 28.1 Å². The predicted octanol–water partition coefficient (Wildman–Crippen LogP) is 2.24. The molecule has 0 bridgehead atoms. The van der Waals surface area contributed by atoms with E-state index in [9.17, 15) is 10.0 Å². The maximum absolute atomic E-state index is 9.33. The fourth-order valence-electron chi connectivity index (χ4n) is 2.16. The van der Waals surface area contributed by atoms with Gasteiger partial charge in [0.15, 0.2) is 0 Å². The Morgan fingerprint density at radius 2 is 1.67 bits per heavy atom. The molecule has 0 unspecified atom stereocenters. The Hall–Kier alpha value is -1.78. The van der Waals surface area contributed by atoms with Crippen molar-refractivity contribution in [2.24, 2.45) is 0 Å². The lowest BCUT2D eigenvalue weighted by atomic mass is 9.76. The van der Waals surface area contributed by atoms with Gasteiger partial charge in [0.2, 0.25) is 0 Å². The molecule has 0 heterocycles. The van der Waals surface area contributed by atoms with Gasteiger partial charge in [0.25, 0.3) is 0 Å². The zero-order valence-electron chi connectivity index (χ0n) is 12.7. The average Bonchev–Trinajstić information content (AvgIpc) is 2.45. The van der Waals surface area contributed by atoms with Crippen LogP contribution in [-0.2, 0) is 12.0 Å². The normalized spacial score (nSPS) is 11.3. The molecule has 0 aromatic heterocycles. The Bertz CT molecular complexity index is 589. The van der Waals surface area contributed by atoms with E-state index in [0.29, 0.717) is 12.1 Å². The summed E-state index contributed by atoms with van der Waals surface area (Å²) in [7, 11) is -1.46. The van der Waals surface area contributed by atoms with Gasteiger partial charge < -0.3 is 14.8 Å². The van der Waals surface area contributed by atoms with Gasteiger partial charge in [-0.3, -0.25) is 0 Å². The maximum atomic E-state index is 9.33. The van der Waals surface area contributed by atoms with Crippen molar-refractivity contribution in [1.82, 2.24) is 0 Å². The maximum Gasteiger partial charge on any atom is 0.488 e. The Kier molecular flexibility index (Phi) is 4.71. The van der Waals surface area contributed by atoms with Gasteiger partial charge in [-0.2, -0.15) is 0 Å². The molecular formula is C17H21BO3. The van der Waals surface area contributed by atoms with E-state index in [4.69, 9.17) is 4.74 Å². The van der Waals surface area contributed by atoms with E-state index in [1.165, 1.54) is 0 Å². The minimum absolute atomic E-state index is 0.142. The molecule has 21 heavy (non-hydrogen) atoms. The third-order valence-electron chi connectivity index (χ3n) is 3.35. The Morgan fingerprint density at radius 1 is 1.00 bits per heavy atom. The minimum Gasteiger partial charge on any atom is -0.489 e. The van der Waals surface area contributed by atoms with Crippen LogP contribution in [0.5, 0.6) is 5.75 Å². The molecule has 0 aliphatic carbocycles. The van der Waals surface area contributed by atoms with Crippen molar-refractivity contribution in [2.75, 3.05) is 0 Å². The highest BCUT2D eigenvalue weighted by Crippen LogP contribution is 2.31. The van der Waals surface area contributed by atoms with E-state index in [2.05, 4.69) is 20.8 Å². The van der Waals surface area contributed by atoms with Crippen molar-refractivity contribution < 1.29 is 14.8 Å². The molecule has 0 saturated heterocycles. The first-order chi connectivity index (χ1) is 9.88. The van der Waals surface area contributed by atoms with Crippen LogP contribution in [0.3, 0.4) is 0 Å². The molecule has 0 spiro atoms. The molecule has 0 saturated carbocycles. The number of hydrogen-bond donors (Lipinski definition) is 2. The predicted molar refractivity (Wildman–Crippen MR) is 85.7 cm³/mol. The van der Waals surface area contributed by atoms with Crippen molar-refractivity contribution in [3.63, 3.8) is 0 Å². The largest absolute Gasteiger partial charge is 0.489 e. The van der Waals surface area contributed by atoms with Gasteiger partial charge in [-0.15, -0.1) is 0 Å². The molecule has 2 N–H and O–H groups in total. The van der Waals surface area contributed by atoms with Gasteiger partial charge in [0, 0.05) is 0 Å². The summed E-state index contributed by atoms with van der Waals surface area (Å²) < 4.78 is 5.92. The van der Waals surface area contributed by atoms with Gasteiger partial charge in [-0.25, -0.2) is 0 Å².